The number of nitriles is 1. The molecule has 0 radical (unpaired) electrons. The zero-order chi connectivity index (χ0) is 25.4. The maximum atomic E-state index is 13.1. The first-order chi connectivity index (χ1) is 16.7. The van der Waals surface area contributed by atoms with Gasteiger partial charge in [0.05, 0.1) is 18.8 Å². The Hall–Kier alpha value is -3.82. The first-order valence-electron chi connectivity index (χ1n) is 10.2. The Bertz CT molecular complexity index is 1220. The number of nitrogens with two attached hydrogens (primary N) is 1. The first-order valence-corrected chi connectivity index (χ1v) is 11.4. The highest BCUT2D eigenvalue weighted by Gasteiger charge is 2.31. The molecule has 0 saturated carbocycles. The smallest absolute Gasteiger partial charge is 0.374 e. The van der Waals surface area contributed by atoms with Crippen molar-refractivity contribution in [1.29, 1.82) is 5.26 Å². The molecular weight excluding hydrogens is 481 g/mol. The van der Waals surface area contributed by atoms with Crippen LogP contribution in [-0.4, -0.2) is 34.8 Å². The molecule has 1 aromatic heterocycles. The molecule has 0 aliphatic carbocycles. The second kappa shape index (κ2) is 11.5. The highest BCUT2D eigenvalue weighted by Crippen LogP contribution is 2.31. The van der Waals surface area contributed by atoms with E-state index >= 15 is 0 Å². The number of halogens is 3. The number of alkyl halides is 3. The van der Waals surface area contributed by atoms with Crippen molar-refractivity contribution in [3.05, 3.63) is 71.3 Å². The molecule has 0 spiro atoms. The topological polar surface area (TPSA) is 126 Å². The Morgan fingerprint density at radius 2 is 1.94 bits per heavy atom. The van der Waals surface area contributed by atoms with Crippen molar-refractivity contribution < 1.29 is 22.7 Å². The molecule has 0 saturated heterocycles. The number of thioether (sulfide) groups is 1. The van der Waals surface area contributed by atoms with E-state index in [1.807, 2.05) is 36.4 Å². The summed E-state index contributed by atoms with van der Waals surface area (Å²) in [5.41, 5.74) is 5.73. The Labute approximate surface area is 203 Å². The van der Waals surface area contributed by atoms with Gasteiger partial charge in [-0.1, -0.05) is 36.4 Å². The van der Waals surface area contributed by atoms with Crippen LogP contribution in [0.4, 0.5) is 30.6 Å². The third-order valence-electron chi connectivity index (χ3n) is 4.68. The molecule has 12 heteroatoms. The summed E-state index contributed by atoms with van der Waals surface area (Å²) in [6, 6.07) is 14.3. The van der Waals surface area contributed by atoms with Gasteiger partial charge in [-0.05, 0) is 30.0 Å². The van der Waals surface area contributed by atoms with Gasteiger partial charge in [-0.3, -0.25) is 4.79 Å². The average molecular weight is 503 g/mol. The molecule has 3 aromatic rings. The number of ether oxygens (including phenoxy) is 1. The van der Waals surface area contributed by atoms with Crippen LogP contribution in [0, 0.1) is 11.3 Å². The summed E-state index contributed by atoms with van der Waals surface area (Å²) >= 11 is 1.17. The lowest BCUT2D eigenvalue weighted by molar-refractivity contribution is -0.137. The number of carbonyl (C=O) groups excluding carboxylic acids is 1. The zero-order valence-electron chi connectivity index (χ0n) is 18.5. The quantitative estimate of drug-likeness (QED) is 0.292. The zero-order valence-corrected chi connectivity index (χ0v) is 19.3. The molecule has 0 aliphatic rings. The molecule has 3 rings (SSSR count). The Morgan fingerprint density at radius 1 is 1.20 bits per heavy atom. The number of nitrogen functional groups attached to an aromatic ring is 1. The van der Waals surface area contributed by atoms with E-state index in [2.05, 4.69) is 20.6 Å². The van der Waals surface area contributed by atoms with Crippen LogP contribution in [0.15, 0.2) is 59.6 Å². The van der Waals surface area contributed by atoms with E-state index < -0.39 is 23.7 Å². The Kier molecular flexibility index (Phi) is 8.51. The van der Waals surface area contributed by atoms with Crippen LogP contribution in [0.1, 0.15) is 16.7 Å². The number of amides is 1. The number of nitrogens with one attached hydrogen (secondary N) is 2. The lowest BCUT2D eigenvalue weighted by Gasteiger charge is -2.20. The summed E-state index contributed by atoms with van der Waals surface area (Å²) < 4.78 is 44.9. The number of aromatic nitrogens is 2. The molecular formula is C23H21F3N6O2S. The molecule has 1 heterocycles. The third-order valence-corrected chi connectivity index (χ3v) is 5.36. The molecule has 0 fully saturated rings. The molecule has 1 atom stereocenters. The van der Waals surface area contributed by atoms with Gasteiger partial charge in [-0.25, -0.2) is 4.98 Å². The second-order valence-electron chi connectivity index (χ2n) is 7.19. The van der Waals surface area contributed by atoms with E-state index in [1.54, 1.807) is 6.26 Å². The molecule has 182 valence electrons. The van der Waals surface area contributed by atoms with E-state index in [0.717, 1.165) is 17.7 Å². The van der Waals surface area contributed by atoms with Crippen molar-refractivity contribution in [2.45, 2.75) is 23.9 Å². The maximum absolute atomic E-state index is 13.1. The van der Waals surface area contributed by atoms with E-state index in [4.69, 9.17) is 10.5 Å². The van der Waals surface area contributed by atoms with Crippen LogP contribution >= 0.6 is 11.8 Å². The largest absolute Gasteiger partial charge is 0.416 e. The van der Waals surface area contributed by atoms with E-state index in [0.29, 0.717) is 5.03 Å². The highest BCUT2D eigenvalue weighted by molar-refractivity contribution is 7.98. The molecule has 0 unspecified atom stereocenters. The van der Waals surface area contributed by atoms with Crippen LogP contribution in [-0.2, 0) is 22.3 Å². The minimum atomic E-state index is -4.56. The van der Waals surface area contributed by atoms with Gasteiger partial charge in [0.25, 0.3) is 0 Å². The van der Waals surface area contributed by atoms with Crippen molar-refractivity contribution in [2.24, 2.45) is 0 Å². The van der Waals surface area contributed by atoms with Crippen molar-refractivity contribution in [2.75, 3.05) is 29.2 Å². The Morgan fingerprint density at radius 3 is 2.60 bits per heavy atom. The van der Waals surface area contributed by atoms with Gasteiger partial charge in [-0.2, -0.15) is 23.4 Å². The lowest BCUT2D eigenvalue weighted by atomic mass is 10.2. The molecule has 0 bridgehead atoms. The highest BCUT2D eigenvalue weighted by atomic mass is 32.2. The van der Waals surface area contributed by atoms with Crippen LogP contribution in [0.2, 0.25) is 0 Å². The van der Waals surface area contributed by atoms with Gasteiger partial charge in [0.15, 0.2) is 5.82 Å². The number of rotatable bonds is 9. The van der Waals surface area contributed by atoms with Gasteiger partial charge in [0.2, 0.25) is 11.9 Å². The second-order valence-corrected chi connectivity index (χ2v) is 7.99. The number of benzene rings is 2. The summed E-state index contributed by atoms with van der Waals surface area (Å²) in [4.78, 5) is 21.1. The van der Waals surface area contributed by atoms with Gasteiger partial charge < -0.3 is 21.1 Å². The number of anilines is 3. The Balaban J connectivity index is 1.84. The van der Waals surface area contributed by atoms with E-state index in [-0.39, 0.29) is 36.2 Å². The summed E-state index contributed by atoms with van der Waals surface area (Å²) in [5, 5.41) is 15.2. The maximum Gasteiger partial charge on any atom is 0.416 e. The average Bonchev–Trinajstić information content (AvgIpc) is 2.83. The van der Waals surface area contributed by atoms with Gasteiger partial charge in [-0.15, -0.1) is 11.8 Å². The minimum absolute atomic E-state index is 0.0110. The molecule has 35 heavy (non-hydrogen) atoms. The van der Waals surface area contributed by atoms with Gasteiger partial charge >= 0.3 is 6.18 Å². The lowest BCUT2D eigenvalue weighted by Crippen LogP contribution is -2.39. The fourth-order valence-corrected chi connectivity index (χ4v) is 3.56. The molecule has 2 aromatic carbocycles. The third kappa shape index (κ3) is 7.08. The molecule has 1 amide bonds. The number of nitrogens with zero attached hydrogens (tertiary/aromatic N) is 3. The van der Waals surface area contributed by atoms with Crippen LogP contribution in [0.5, 0.6) is 0 Å². The number of hydrogen-bond acceptors (Lipinski definition) is 8. The van der Waals surface area contributed by atoms with Crippen molar-refractivity contribution in [3.63, 3.8) is 0 Å². The van der Waals surface area contributed by atoms with Crippen LogP contribution in [0.25, 0.3) is 0 Å². The fraction of sp³-hybridized carbons (Fsp3) is 0.217. The molecule has 0 aliphatic heterocycles. The first kappa shape index (κ1) is 25.8. The summed E-state index contributed by atoms with van der Waals surface area (Å²) in [6.45, 7) is 0.00596. The standard InChI is InChI=1S/C23H21F3N6O2S/c1-35-21-17(11-27)19(31-22(28)32-21)30-18(13-34-12-14-6-3-2-4-7-14)20(33)29-16-9-5-8-15(10-16)23(24,25)26/h2-10,18H,12-13H2,1H3,(H,29,33)(H3,28,30,31,32)/t18-/m0/s1. The van der Waals surface area contributed by atoms with E-state index in [1.165, 1.54) is 23.9 Å². The SMILES string of the molecule is CSc1nc(N)nc(N[C@@H](COCc2ccccc2)C(=O)Nc2cccc(C(F)(F)F)c2)c1C#N. The van der Waals surface area contributed by atoms with Gasteiger partial charge in [0, 0.05) is 5.69 Å². The molecule has 4 N–H and O–H groups in total. The summed E-state index contributed by atoms with van der Waals surface area (Å²) in [6.07, 6.45) is -2.86. The molecule has 8 nitrogen and oxygen atoms in total. The monoisotopic (exact) mass is 502 g/mol. The van der Waals surface area contributed by atoms with Crippen LogP contribution < -0.4 is 16.4 Å². The predicted molar refractivity (Wildman–Crippen MR) is 127 cm³/mol. The predicted octanol–water partition coefficient (Wildman–Crippen LogP) is 4.31. The number of hydrogen-bond donors (Lipinski definition) is 3. The summed E-state index contributed by atoms with van der Waals surface area (Å²) in [7, 11) is 0. The van der Waals surface area contributed by atoms with Crippen molar-refractivity contribution in [1.82, 2.24) is 9.97 Å². The number of carbonyl (C=O) groups is 1. The van der Waals surface area contributed by atoms with E-state index in [9.17, 15) is 23.2 Å². The normalized spacial score (nSPS) is 12.0. The van der Waals surface area contributed by atoms with Gasteiger partial charge in [0.1, 0.15) is 22.7 Å². The summed E-state index contributed by atoms with van der Waals surface area (Å²) in [5.74, 6) is -0.792. The van der Waals surface area contributed by atoms with Crippen molar-refractivity contribution in [3.8, 4) is 6.07 Å². The van der Waals surface area contributed by atoms with Crippen molar-refractivity contribution >= 4 is 35.1 Å². The van der Waals surface area contributed by atoms with Crippen LogP contribution in [0.3, 0.4) is 0 Å². The minimum Gasteiger partial charge on any atom is -0.374 e. The fourth-order valence-electron chi connectivity index (χ4n) is 3.03.